The first-order chi connectivity index (χ1) is 46.0. The van der Waals surface area contributed by atoms with Crippen molar-refractivity contribution < 1.29 is 0 Å². The Labute approximate surface area is 533 Å². The number of fused-ring (bicyclic) bond motifs is 18. The Morgan fingerprint density at radius 2 is 0.484 bits per heavy atom. The number of hydrogen-bond acceptors (Lipinski definition) is 0. The van der Waals surface area contributed by atoms with Crippen molar-refractivity contribution in [3.63, 3.8) is 0 Å². The van der Waals surface area contributed by atoms with Crippen LogP contribution in [0.4, 0.5) is 5.69 Å². The maximum atomic E-state index is 8.18. The molecule has 93 heavy (non-hydrogen) atoms. The van der Waals surface area contributed by atoms with E-state index in [9.17, 15) is 0 Å². The quantitative estimate of drug-likeness (QED) is 0.143. The molecule has 7 nitrogen and oxygen atoms in total. The fourth-order valence-electron chi connectivity index (χ4n) is 16.0. The highest BCUT2D eigenvalue weighted by atomic mass is 15.1. The first-order valence-electron chi connectivity index (χ1n) is 31.8. The van der Waals surface area contributed by atoms with Crippen LogP contribution in [0.5, 0.6) is 0 Å². The van der Waals surface area contributed by atoms with Gasteiger partial charge in [-0.1, -0.05) is 164 Å². The molecule has 0 radical (unpaired) electrons. The molecule has 0 saturated heterocycles. The minimum absolute atomic E-state index is 0.602. The maximum Gasteiger partial charge on any atom is 0.187 e. The SMILES string of the molecule is [C-]#[N+]c1cccc(-c2cc(-n3c4ccc(-n5c6ccccc6c6ccccc65)cc4c4cc(-n5c6ccccc6c6ccccc65)ccc43)c(-n3c4ccc(-n5c6ccccc6c6ccccc65)cc4c4cc(-n5c6ccccc6c6ccccc65)ccc43)cc2C)c1. The highest BCUT2D eigenvalue weighted by Gasteiger charge is 2.26. The number of aryl methyl sites for hydroxylation is 1. The summed E-state index contributed by atoms with van der Waals surface area (Å²) in [6.07, 6.45) is 0. The first kappa shape index (κ1) is 51.3. The molecule has 0 N–H and O–H groups in total. The third-order valence-corrected chi connectivity index (χ3v) is 19.9. The summed E-state index contributed by atoms with van der Waals surface area (Å²) in [5, 5.41) is 14.3. The average Bonchev–Trinajstić information content (AvgIpc) is 1.60. The summed E-state index contributed by atoms with van der Waals surface area (Å²) in [5.74, 6) is 0. The first-order valence-corrected chi connectivity index (χ1v) is 31.8. The van der Waals surface area contributed by atoms with Gasteiger partial charge < -0.3 is 27.4 Å². The Balaban J connectivity index is 0.910. The molecule has 0 unspecified atom stereocenters. The molecule has 0 aliphatic heterocycles. The fraction of sp³-hybridized carbons (Fsp3) is 0.0116. The number of hydrogen-bond donors (Lipinski definition) is 0. The van der Waals surface area contributed by atoms with Gasteiger partial charge in [-0.2, -0.15) is 0 Å². The van der Waals surface area contributed by atoms with Gasteiger partial charge in [-0.25, -0.2) is 4.85 Å². The van der Waals surface area contributed by atoms with Crippen molar-refractivity contribution in [2.45, 2.75) is 6.92 Å². The van der Waals surface area contributed by atoms with Crippen molar-refractivity contribution in [1.82, 2.24) is 27.4 Å². The summed E-state index contributed by atoms with van der Waals surface area (Å²) in [5.41, 5.74) is 23.8. The van der Waals surface area contributed by atoms with Crippen molar-refractivity contribution in [2.24, 2.45) is 0 Å². The van der Waals surface area contributed by atoms with Crippen LogP contribution in [0.25, 0.3) is 181 Å². The van der Waals surface area contributed by atoms with Crippen molar-refractivity contribution in [2.75, 3.05) is 0 Å². The molecule has 0 atom stereocenters. The fourth-order valence-corrected chi connectivity index (χ4v) is 16.0. The van der Waals surface area contributed by atoms with E-state index in [-0.39, 0.29) is 0 Å². The standard InChI is InChI=1S/C86H53N7/c1-53-46-85(92-81-42-38-56(88-73-30-11-3-22-60(73)61-23-4-12-31-74(61)88)48-69(81)70-49-57(39-43-82(70)92)89-75-32-13-5-24-62(75)63-25-6-14-33-76(63)89)86(52-68(53)54-20-19-21-55(47-54)87-2)93-83-44-40-58(90-77-34-15-7-26-64(77)65-27-8-16-35-78(65)90)50-71(83)72-51-59(41-45-84(72)93)91-79-36-17-9-28-66(79)67-29-10-18-37-80(67)91/h3-52H,1H3. The van der Waals surface area contributed by atoms with E-state index in [1.807, 2.05) is 18.2 Å². The Bertz CT molecular complexity index is 6100. The predicted molar refractivity (Wildman–Crippen MR) is 389 cm³/mol. The molecular formula is C86H53N7. The summed E-state index contributed by atoms with van der Waals surface area (Å²) >= 11 is 0. The zero-order valence-electron chi connectivity index (χ0n) is 50.5. The van der Waals surface area contributed by atoms with Gasteiger partial charge in [-0.05, 0) is 163 Å². The van der Waals surface area contributed by atoms with Crippen LogP contribution in [0, 0.1) is 13.5 Å². The van der Waals surface area contributed by atoms with E-state index < -0.39 is 0 Å². The summed E-state index contributed by atoms with van der Waals surface area (Å²) in [6, 6.07) is 111. The molecule has 14 aromatic carbocycles. The second kappa shape index (κ2) is 19.4. The number of nitrogens with zero attached hydrogens (tertiary/aromatic N) is 7. The lowest BCUT2D eigenvalue weighted by atomic mass is 9.98. The Morgan fingerprint density at radius 3 is 0.763 bits per heavy atom. The summed E-state index contributed by atoms with van der Waals surface area (Å²) < 4.78 is 14.8. The van der Waals surface area contributed by atoms with Crippen LogP contribution in [0.1, 0.15) is 5.56 Å². The van der Waals surface area contributed by atoms with Gasteiger partial charge in [0.2, 0.25) is 0 Å². The molecule has 0 amide bonds. The normalized spacial score (nSPS) is 12.1. The van der Waals surface area contributed by atoms with Crippen LogP contribution >= 0.6 is 0 Å². The largest absolute Gasteiger partial charge is 0.309 e. The van der Waals surface area contributed by atoms with Crippen LogP contribution in [-0.4, -0.2) is 27.4 Å². The van der Waals surface area contributed by atoms with Crippen molar-refractivity contribution in [3.05, 3.63) is 320 Å². The minimum Gasteiger partial charge on any atom is -0.309 e. The van der Waals surface area contributed by atoms with Crippen molar-refractivity contribution >= 4 is 137 Å². The van der Waals surface area contributed by atoms with Gasteiger partial charge in [0.05, 0.1) is 84.1 Å². The van der Waals surface area contributed by atoms with E-state index in [0.717, 1.165) is 139 Å². The molecule has 0 aliphatic carbocycles. The molecule has 6 heterocycles. The molecule has 0 spiro atoms. The third-order valence-electron chi connectivity index (χ3n) is 19.9. The summed E-state index contributed by atoms with van der Waals surface area (Å²) in [7, 11) is 0. The molecule has 0 saturated carbocycles. The highest BCUT2D eigenvalue weighted by molar-refractivity contribution is 6.17. The van der Waals surface area contributed by atoms with Gasteiger partial charge in [0.15, 0.2) is 5.69 Å². The maximum absolute atomic E-state index is 8.18. The third kappa shape index (κ3) is 7.29. The molecule has 20 aromatic rings. The molecular weight excluding hydrogens is 1130 g/mol. The molecule has 432 valence electrons. The number of para-hydroxylation sites is 8. The zero-order chi connectivity index (χ0) is 61.2. The second-order valence-electron chi connectivity index (χ2n) is 24.8. The van der Waals surface area contributed by atoms with Crippen LogP contribution < -0.4 is 0 Å². The minimum atomic E-state index is 0.602. The molecule has 6 aromatic heterocycles. The molecule has 0 fully saturated rings. The molecule has 20 rings (SSSR count). The lowest BCUT2D eigenvalue weighted by Gasteiger charge is -2.21. The number of aromatic nitrogens is 6. The van der Waals surface area contributed by atoms with Crippen LogP contribution in [0.2, 0.25) is 0 Å². The lowest BCUT2D eigenvalue weighted by Crippen LogP contribution is -2.05. The van der Waals surface area contributed by atoms with Crippen molar-refractivity contribution in [1.29, 1.82) is 0 Å². The Morgan fingerprint density at radius 1 is 0.226 bits per heavy atom. The Hall–Kier alpha value is -12.6. The van der Waals surface area contributed by atoms with Gasteiger partial charge >= 0.3 is 0 Å². The van der Waals surface area contributed by atoms with Gasteiger partial charge in [-0.3, -0.25) is 0 Å². The lowest BCUT2D eigenvalue weighted by molar-refractivity contribution is 1.09. The van der Waals surface area contributed by atoms with E-state index in [0.29, 0.717) is 5.69 Å². The van der Waals surface area contributed by atoms with E-state index >= 15 is 0 Å². The van der Waals surface area contributed by atoms with Crippen LogP contribution in [-0.2, 0) is 0 Å². The van der Waals surface area contributed by atoms with Gasteiger partial charge in [0, 0.05) is 87.4 Å². The Kier molecular flexibility index (Phi) is 10.7. The number of rotatable bonds is 7. The van der Waals surface area contributed by atoms with Gasteiger partial charge in [0.1, 0.15) is 0 Å². The average molecular weight is 1180 g/mol. The van der Waals surface area contributed by atoms with Crippen LogP contribution in [0.15, 0.2) is 303 Å². The second-order valence-corrected chi connectivity index (χ2v) is 24.8. The monoisotopic (exact) mass is 1180 g/mol. The molecule has 0 bridgehead atoms. The van der Waals surface area contributed by atoms with E-state index in [1.54, 1.807) is 0 Å². The molecule has 7 heteroatoms. The van der Waals surface area contributed by atoms with Crippen LogP contribution in [0.3, 0.4) is 0 Å². The van der Waals surface area contributed by atoms with E-state index in [2.05, 4.69) is 324 Å². The van der Waals surface area contributed by atoms with E-state index in [1.165, 1.54) is 43.1 Å². The topological polar surface area (TPSA) is 33.9 Å². The van der Waals surface area contributed by atoms with Gasteiger partial charge in [-0.15, -0.1) is 0 Å². The van der Waals surface area contributed by atoms with Gasteiger partial charge in [0.25, 0.3) is 0 Å². The predicted octanol–water partition coefficient (Wildman–Crippen LogP) is 22.8. The zero-order valence-corrected chi connectivity index (χ0v) is 50.5. The highest BCUT2D eigenvalue weighted by Crippen LogP contribution is 2.46. The number of benzene rings is 14. The summed E-state index contributed by atoms with van der Waals surface area (Å²) in [4.78, 5) is 3.95. The van der Waals surface area contributed by atoms with Crippen molar-refractivity contribution in [3.8, 4) is 45.3 Å². The molecule has 0 aliphatic rings. The summed E-state index contributed by atoms with van der Waals surface area (Å²) in [6.45, 7) is 10.4. The smallest absolute Gasteiger partial charge is 0.187 e. The van der Waals surface area contributed by atoms with E-state index in [4.69, 9.17) is 6.57 Å².